The third-order valence-electron chi connectivity index (χ3n) is 4.53. The van der Waals surface area contributed by atoms with Crippen LogP contribution in [0.1, 0.15) is 31.2 Å². The lowest BCUT2D eigenvalue weighted by Crippen LogP contribution is -2.02. The van der Waals surface area contributed by atoms with E-state index in [-0.39, 0.29) is 0 Å². The fourth-order valence-corrected chi connectivity index (χ4v) is 3.21. The van der Waals surface area contributed by atoms with Gasteiger partial charge in [-0.25, -0.2) is 14.8 Å². The van der Waals surface area contributed by atoms with E-state index < -0.39 is 0 Å². The van der Waals surface area contributed by atoms with Gasteiger partial charge in [-0.05, 0) is 51.2 Å². The van der Waals surface area contributed by atoms with E-state index in [4.69, 9.17) is 11.6 Å². The molecule has 8 heteroatoms. The summed E-state index contributed by atoms with van der Waals surface area (Å²) in [6.07, 6.45) is 3.04. The zero-order valence-corrected chi connectivity index (χ0v) is 16.3. The molecule has 0 unspecified atom stereocenters. The van der Waals surface area contributed by atoms with Gasteiger partial charge in [0, 0.05) is 12.0 Å². The zero-order chi connectivity index (χ0) is 19.3. The Morgan fingerprint density at radius 2 is 1.86 bits per heavy atom. The van der Waals surface area contributed by atoms with Crippen LogP contribution in [-0.4, -0.2) is 35.4 Å². The third-order valence-corrected chi connectivity index (χ3v) is 4.80. The molecule has 0 atom stereocenters. The Balaban J connectivity index is 1.50. The summed E-state index contributed by atoms with van der Waals surface area (Å²) in [7, 11) is 0. The molecule has 4 rings (SSSR count). The molecule has 0 fully saturated rings. The van der Waals surface area contributed by atoms with Gasteiger partial charge >= 0.3 is 0 Å². The molecule has 2 aromatic carbocycles. The second-order valence-electron chi connectivity index (χ2n) is 6.59. The Hall–Kier alpha value is -3.06. The first-order valence-electron chi connectivity index (χ1n) is 9.25. The Labute approximate surface area is 167 Å². The maximum absolute atomic E-state index is 6.24. The van der Waals surface area contributed by atoms with Gasteiger partial charge in [0.2, 0.25) is 5.28 Å². The summed E-state index contributed by atoms with van der Waals surface area (Å²) in [5, 5.41) is 19.0. The van der Waals surface area contributed by atoms with Crippen LogP contribution in [-0.2, 0) is 13.0 Å². The van der Waals surface area contributed by atoms with E-state index in [0.717, 1.165) is 47.3 Å². The summed E-state index contributed by atoms with van der Waals surface area (Å²) in [5.74, 6) is 1.46. The van der Waals surface area contributed by atoms with Crippen molar-refractivity contribution in [3.8, 4) is 22.5 Å². The van der Waals surface area contributed by atoms with Gasteiger partial charge in [0.15, 0.2) is 11.6 Å². The van der Waals surface area contributed by atoms with Gasteiger partial charge in [-0.2, -0.15) is 5.10 Å². The van der Waals surface area contributed by atoms with Gasteiger partial charge in [0.05, 0.1) is 6.54 Å². The third kappa shape index (κ3) is 4.09. The predicted octanol–water partition coefficient (Wildman–Crippen LogP) is 4.17. The number of nitrogens with one attached hydrogen (secondary N) is 1. The Bertz CT molecular complexity index is 1040. The molecule has 1 N–H and O–H groups in total. The summed E-state index contributed by atoms with van der Waals surface area (Å²) >= 11 is 6.24. The number of hydrogen-bond acceptors (Lipinski definition) is 5. The number of H-pyrrole nitrogens is 1. The number of hydrogen-bond donors (Lipinski definition) is 1. The molecule has 4 aromatic rings. The second-order valence-corrected chi connectivity index (χ2v) is 6.92. The number of halogens is 1. The fraction of sp³-hybridized carbons (Fsp3) is 0.250. The van der Waals surface area contributed by atoms with Gasteiger partial charge < -0.3 is 0 Å². The lowest BCUT2D eigenvalue weighted by atomic mass is 10.0. The number of aryl methyl sites for hydroxylation is 1. The summed E-state index contributed by atoms with van der Waals surface area (Å²) in [5.41, 5.74) is 4.28. The predicted molar refractivity (Wildman–Crippen MR) is 108 cm³/mol. The SMILES string of the molecule is CCCCc1nc(Cl)n(Cc2ccc(-c3cccc(-c4nnn[nH]4)c3)cc2)n1. The molecule has 2 heterocycles. The summed E-state index contributed by atoms with van der Waals surface area (Å²) in [6, 6.07) is 16.5. The smallest absolute Gasteiger partial charge is 0.221 e. The highest BCUT2D eigenvalue weighted by Crippen LogP contribution is 2.24. The molecule has 2 aromatic heterocycles. The normalized spacial score (nSPS) is 11.1. The van der Waals surface area contributed by atoms with Crippen LogP contribution in [0.3, 0.4) is 0 Å². The monoisotopic (exact) mass is 393 g/mol. The van der Waals surface area contributed by atoms with Gasteiger partial charge in [-0.3, -0.25) is 0 Å². The van der Waals surface area contributed by atoms with Crippen molar-refractivity contribution in [1.29, 1.82) is 0 Å². The highest BCUT2D eigenvalue weighted by Gasteiger charge is 2.09. The van der Waals surface area contributed by atoms with Gasteiger partial charge in [0.25, 0.3) is 0 Å². The van der Waals surface area contributed by atoms with Crippen molar-refractivity contribution in [2.24, 2.45) is 0 Å². The van der Waals surface area contributed by atoms with Crippen molar-refractivity contribution in [2.45, 2.75) is 32.7 Å². The summed E-state index contributed by atoms with van der Waals surface area (Å²) in [6.45, 7) is 2.75. The van der Waals surface area contributed by atoms with Crippen molar-refractivity contribution in [1.82, 2.24) is 35.4 Å². The van der Waals surface area contributed by atoms with Crippen LogP contribution in [0.2, 0.25) is 5.28 Å². The number of benzene rings is 2. The number of rotatable bonds is 7. The van der Waals surface area contributed by atoms with Gasteiger partial charge in [-0.15, -0.1) is 5.10 Å². The first-order chi connectivity index (χ1) is 13.7. The number of aromatic amines is 1. The molecule has 0 spiro atoms. The number of aromatic nitrogens is 7. The maximum Gasteiger partial charge on any atom is 0.221 e. The van der Waals surface area contributed by atoms with E-state index in [1.54, 1.807) is 4.68 Å². The van der Waals surface area contributed by atoms with Crippen molar-refractivity contribution in [3.05, 3.63) is 65.2 Å². The molecule has 142 valence electrons. The zero-order valence-electron chi connectivity index (χ0n) is 15.5. The quantitative estimate of drug-likeness (QED) is 0.509. The highest BCUT2D eigenvalue weighted by molar-refractivity contribution is 6.28. The molecule has 0 aliphatic rings. The Morgan fingerprint density at radius 1 is 1.04 bits per heavy atom. The van der Waals surface area contributed by atoms with E-state index in [1.165, 1.54) is 0 Å². The van der Waals surface area contributed by atoms with Crippen LogP contribution < -0.4 is 0 Å². The van der Waals surface area contributed by atoms with Crippen LogP contribution in [0.4, 0.5) is 0 Å². The molecular formula is C20H20ClN7. The molecule has 0 aliphatic heterocycles. The van der Waals surface area contributed by atoms with Crippen LogP contribution in [0.5, 0.6) is 0 Å². The minimum atomic E-state index is 0.434. The molecule has 28 heavy (non-hydrogen) atoms. The van der Waals surface area contributed by atoms with E-state index in [9.17, 15) is 0 Å². The molecular weight excluding hydrogens is 374 g/mol. The van der Waals surface area contributed by atoms with Crippen LogP contribution in [0.25, 0.3) is 22.5 Å². The van der Waals surface area contributed by atoms with E-state index in [2.05, 4.69) is 74.0 Å². The average molecular weight is 394 g/mol. The molecule has 0 saturated heterocycles. The average Bonchev–Trinajstić information content (AvgIpc) is 3.38. The minimum absolute atomic E-state index is 0.434. The van der Waals surface area contributed by atoms with Crippen molar-refractivity contribution in [3.63, 3.8) is 0 Å². The van der Waals surface area contributed by atoms with Crippen molar-refractivity contribution in [2.75, 3.05) is 0 Å². The minimum Gasteiger partial charge on any atom is -0.239 e. The molecule has 0 saturated carbocycles. The van der Waals surface area contributed by atoms with E-state index in [1.807, 2.05) is 12.1 Å². The highest BCUT2D eigenvalue weighted by atomic mass is 35.5. The summed E-state index contributed by atoms with van der Waals surface area (Å²) < 4.78 is 1.75. The molecule has 0 amide bonds. The molecule has 0 radical (unpaired) electrons. The van der Waals surface area contributed by atoms with Crippen LogP contribution in [0.15, 0.2) is 48.5 Å². The van der Waals surface area contributed by atoms with Crippen molar-refractivity contribution < 1.29 is 0 Å². The summed E-state index contributed by atoms with van der Waals surface area (Å²) in [4.78, 5) is 4.34. The fourth-order valence-electron chi connectivity index (χ4n) is 3.01. The number of unbranched alkanes of at least 4 members (excludes halogenated alkanes) is 1. The number of nitrogens with zero attached hydrogens (tertiary/aromatic N) is 6. The van der Waals surface area contributed by atoms with E-state index >= 15 is 0 Å². The lowest BCUT2D eigenvalue weighted by molar-refractivity contribution is 0.661. The number of tetrazole rings is 1. The van der Waals surface area contributed by atoms with Crippen LogP contribution >= 0.6 is 11.6 Å². The second kappa shape index (κ2) is 8.31. The first-order valence-corrected chi connectivity index (χ1v) is 9.63. The Morgan fingerprint density at radius 3 is 2.61 bits per heavy atom. The molecule has 0 aliphatic carbocycles. The standard InChI is InChI=1S/C20H20ClN7/c1-2-3-7-18-22-20(21)28(25-18)13-14-8-10-15(11-9-14)16-5-4-6-17(12-16)19-23-26-27-24-19/h4-6,8-12H,2-3,7,13H2,1H3,(H,23,24,26,27). The van der Waals surface area contributed by atoms with Gasteiger partial charge in [0.1, 0.15) is 0 Å². The van der Waals surface area contributed by atoms with Crippen molar-refractivity contribution >= 4 is 11.6 Å². The maximum atomic E-state index is 6.24. The molecule has 0 bridgehead atoms. The largest absolute Gasteiger partial charge is 0.239 e. The lowest BCUT2D eigenvalue weighted by Gasteiger charge is -2.06. The van der Waals surface area contributed by atoms with Crippen LogP contribution in [0, 0.1) is 0 Å². The van der Waals surface area contributed by atoms with Gasteiger partial charge in [-0.1, -0.05) is 55.8 Å². The topological polar surface area (TPSA) is 85.2 Å². The molecule has 7 nitrogen and oxygen atoms in total. The Kier molecular flexibility index (Phi) is 5.43. The van der Waals surface area contributed by atoms with E-state index in [0.29, 0.717) is 17.7 Å². The first kappa shape index (κ1) is 18.3.